The van der Waals surface area contributed by atoms with E-state index in [0.29, 0.717) is 24.1 Å². The average Bonchev–Trinajstić information content (AvgIpc) is 2.99. The lowest BCUT2D eigenvalue weighted by Gasteiger charge is -2.22. The molecule has 2 fully saturated rings. The molecule has 0 aromatic carbocycles. The molecule has 0 radical (unpaired) electrons. The third-order valence-electron chi connectivity index (χ3n) is 4.73. The molecule has 1 unspecified atom stereocenters. The Morgan fingerprint density at radius 2 is 1.84 bits per heavy atom. The van der Waals surface area contributed by atoms with E-state index in [4.69, 9.17) is 0 Å². The molecular weight excluding hydrogens is 260 g/mol. The predicted molar refractivity (Wildman–Crippen MR) is 78.6 cm³/mol. The van der Waals surface area contributed by atoms with Crippen molar-refractivity contribution in [3.8, 4) is 0 Å². The molecule has 1 aliphatic heterocycles. The molecule has 1 heterocycles. The van der Waals surface area contributed by atoms with Gasteiger partial charge in [-0.15, -0.1) is 0 Å². The van der Waals surface area contributed by atoms with E-state index in [2.05, 4.69) is 11.8 Å². The summed E-state index contributed by atoms with van der Waals surface area (Å²) in [6.45, 7) is 6.13. The fraction of sp³-hybridized carbons (Fsp3) is 1.00. The van der Waals surface area contributed by atoms with Gasteiger partial charge in [0.2, 0.25) is 10.0 Å². The summed E-state index contributed by atoms with van der Waals surface area (Å²) in [6, 6.07) is 0. The smallest absolute Gasteiger partial charge is 0.214 e. The number of hydrogen-bond donors (Lipinski definition) is 0. The fourth-order valence-corrected chi connectivity index (χ4v) is 5.05. The Kier molecular flexibility index (Phi) is 5.26. The lowest BCUT2D eigenvalue weighted by Crippen LogP contribution is -2.36. The minimum Gasteiger partial charge on any atom is -0.303 e. The summed E-state index contributed by atoms with van der Waals surface area (Å²) in [5, 5.41) is 0. The molecule has 4 nitrogen and oxygen atoms in total. The Balaban J connectivity index is 1.82. The maximum absolute atomic E-state index is 12.3. The van der Waals surface area contributed by atoms with Crippen LogP contribution in [0, 0.1) is 11.8 Å². The first kappa shape index (κ1) is 15.3. The molecule has 2 rings (SSSR count). The van der Waals surface area contributed by atoms with Gasteiger partial charge in [0.15, 0.2) is 0 Å². The number of nitrogens with zero attached hydrogens (tertiary/aromatic N) is 2. The van der Waals surface area contributed by atoms with Crippen LogP contribution >= 0.6 is 0 Å². The maximum atomic E-state index is 12.3. The van der Waals surface area contributed by atoms with Crippen molar-refractivity contribution >= 4 is 10.0 Å². The van der Waals surface area contributed by atoms with Crippen LogP contribution in [0.2, 0.25) is 0 Å². The first-order valence-electron chi connectivity index (χ1n) is 7.67. The van der Waals surface area contributed by atoms with Crippen LogP contribution in [0.3, 0.4) is 0 Å². The summed E-state index contributed by atoms with van der Waals surface area (Å²) >= 11 is 0. The van der Waals surface area contributed by atoms with Gasteiger partial charge >= 0.3 is 0 Å². The normalized spacial score (nSPS) is 26.6. The Labute approximate surface area is 118 Å². The Bertz CT molecular complexity index is 377. The van der Waals surface area contributed by atoms with E-state index in [0.717, 1.165) is 38.9 Å². The minimum atomic E-state index is -3.04. The zero-order chi connectivity index (χ0) is 13.9. The molecule has 1 aliphatic carbocycles. The number of hydrogen-bond acceptors (Lipinski definition) is 3. The monoisotopic (exact) mass is 288 g/mol. The highest BCUT2D eigenvalue weighted by atomic mass is 32.2. The maximum Gasteiger partial charge on any atom is 0.214 e. The summed E-state index contributed by atoms with van der Waals surface area (Å²) in [6.07, 6.45) is 5.74. The van der Waals surface area contributed by atoms with Gasteiger partial charge < -0.3 is 4.90 Å². The molecule has 0 aromatic rings. The zero-order valence-corrected chi connectivity index (χ0v) is 13.2. The topological polar surface area (TPSA) is 40.6 Å². The second kappa shape index (κ2) is 6.55. The van der Waals surface area contributed by atoms with Crippen LogP contribution in [0.4, 0.5) is 0 Å². The molecular formula is C14H28N2O2S. The molecule has 0 aromatic heterocycles. The molecule has 1 saturated carbocycles. The van der Waals surface area contributed by atoms with Gasteiger partial charge in [-0.05, 0) is 44.2 Å². The van der Waals surface area contributed by atoms with Crippen LogP contribution in [0.5, 0.6) is 0 Å². The van der Waals surface area contributed by atoms with Gasteiger partial charge in [-0.25, -0.2) is 12.7 Å². The van der Waals surface area contributed by atoms with Gasteiger partial charge in [-0.2, -0.15) is 0 Å². The van der Waals surface area contributed by atoms with Gasteiger partial charge in [-0.3, -0.25) is 0 Å². The Hall–Kier alpha value is -0.130. The quantitative estimate of drug-likeness (QED) is 0.748. The summed E-state index contributed by atoms with van der Waals surface area (Å²) in [5.74, 6) is 1.29. The molecule has 1 saturated heterocycles. The van der Waals surface area contributed by atoms with E-state index in [1.807, 2.05) is 0 Å². The van der Waals surface area contributed by atoms with E-state index in [1.165, 1.54) is 12.8 Å². The lowest BCUT2D eigenvalue weighted by atomic mass is 10.1. The molecule has 112 valence electrons. The van der Waals surface area contributed by atoms with E-state index < -0.39 is 10.0 Å². The van der Waals surface area contributed by atoms with Gasteiger partial charge in [0.1, 0.15) is 0 Å². The molecule has 0 amide bonds. The Morgan fingerprint density at radius 3 is 2.42 bits per heavy atom. The second-order valence-electron chi connectivity index (χ2n) is 6.26. The van der Waals surface area contributed by atoms with Crippen molar-refractivity contribution in [3.63, 3.8) is 0 Å². The minimum absolute atomic E-state index is 0.369. The third-order valence-corrected chi connectivity index (χ3v) is 6.72. The summed E-state index contributed by atoms with van der Waals surface area (Å²) in [7, 11) is -1.28. The fourth-order valence-electron chi connectivity index (χ4n) is 3.43. The molecule has 5 heteroatoms. The van der Waals surface area contributed by atoms with Crippen LogP contribution in [-0.2, 0) is 10.0 Å². The Morgan fingerprint density at radius 1 is 1.16 bits per heavy atom. The van der Waals surface area contributed by atoms with Crippen LogP contribution in [0.1, 0.15) is 39.0 Å². The van der Waals surface area contributed by atoms with E-state index in [1.54, 1.807) is 11.4 Å². The number of sulfonamides is 1. The van der Waals surface area contributed by atoms with Crippen molar-refractivity contribution in [1.29, 1.82) is 0 Å². The summed E-state index contributed by atoms with van der Waals surface area (Å²) in [4.78, 5) is 2.40. The highest BCUT2D eigenvalue weighted by Crippen LogP contribution is 2.27. The highest BCUT2D eigenvalue weighted by molar-refractivity contribution is 7.89. The lowest BCUT2D eigenvalue weighted by molar-refractivity contribution is 0.323. The van der Waals surface area contributed by atoms with Crippen molar-refractivity contribution in [2.75, 3.05) is 39.0 Å². The number of likely N-dealkylation sites (tertiary alicyclic amines) is 1. The van der Waals surface area contributed by atoms with Crippen molar-refractivity contribution in [2.45, 2.75) is 39.0 Å². The average molecular weight is 288 g/mol. The van der Waals surface area contributed by atoms with Crippen molar-refractivity contribution in [3.05, 3.63) is 0 Å². The SMILES string of the molecule is CCN1CCC(CN(C)S(=O)(=O)CC2CCCC2)C1. The highest BCUT2D eigenvalue weighted by Gasteiger charge is 2.29. The van der Waals surface area contributed by atoms with Crippen molar-refractivity contribution < 1.29 is 8.42 Å². The molecule has 2 aliphatic rings. The molecule has 19 heavy (non-hydrogen) atoms. The molecule has 0 spiro atoms. The summed E-state index contributed by atoms with van der Waals surface area (Å²) < 4.78 is 26.3. The largest absolute Gasteiger partial charge is 0.303 e. The zero-order valence-electron chi connectivity index (χ0n) is 12.3. The van der Waals surface area contributed by atoms with Crippen LogP contribution in [-0.4, -0.2) is 56.6 Å². The van der Waals surface area contributed by atoms with Crippen molar-refractivity contribution in [1.82, 2.24) is 9.21 Å². The van der Waals surface area contributed by atoms with Crippen molar-refractivity contribution in [2.24, 2.45) is 11.8 Å². The number of rotatable bonds is 6. The van der Waals surface area contributed by atoms with Gasteiger partial charge in [0, 0.05) is 20.1 Å². The van der Waals surface area contributed by atoms with Gasteiger partial charge in [-0.1, -0.05) is 19.8 Å². The standard InChI is InChI=1S/C14H28N2O2S/c1-3-16-9-8-14(11-16)10-15(2)19(17,18)12-13-6-4-5-7-13/h13-14H,3-12H2,1-2H3. The van der Waals surface area contributed by atoms with Gasteiger partial charge in [0.05, 0.1) is 5.75 Å². The molecule has 0 N–H and O–H groups in total. The predicted octanol–water partition coefficient (Wildman–Crippen LogP) is 1.78. The summed E-state index contributed by atoms with van der Waals surface area (Å²) in [5.41, 5.74) is 0. The van der Waals surface area contributed by atoms with Gasteiger partial charge in [0.25, 0.3) is 0 Å². The van der Waals surface area contributed by atoms with Crippen LogP contribution < -0.4 is 0 Å². The first-order valence-corrected chi connectivity index (χ1v) is 9.28. The third kappa shape index (κ3) is 4.17. The van der Waals surface area contributed by atoms with E-state index in [-0.39, 0.29) is 0 Å². The van der Waals surface area contributed by atoms with E-state index in [9.17, 15) is 8.42 Å². The molecule has 0 bridgehead atoms. The van der Waals surface area contributed by atoms with Crippen LogP contribution in [0.25, 0.3) is 0 Å². The van der Waals surface area contributed by atoms with Crippen LogP contribution in [0.15, 0.2) is 0 Å². The molecule has 1 atom stereocenters. The second-order valence-corrected chi connectivity index (χ2v) is 8.38. The van der Waals surface area contributed by atoms with E-state index >= 15 is 0 Å². The first-order chi connectivity index (χ1) is 9.01.